The van der Waals surface area contributed by atoms with Crippen molar-refractivity contribution in [3.8, 4) is 0 Å². The summed E-state index contributed by atoms with van der Waals surface area (Å²) in [6.07, 6.45) is 2.09. The van der Waals surface area contributed by atoms with Crippen LogP contribution >= 0.6 is 22.7 Å². The molecule has 22 heavy (non-hydrogen) atoms. The first kappa shape index (κ1) is 16.1. The lowest BCUT2D eigenvalue weighted by Gasteiger charge is -2.31. The Morgan fingerprint density at radius 1 is 1.41 bits per heavy atom. The van der Waals surface area contributed by atoms with Crippen LogP contribution in [0.4, 0.5) is 0 Å². The maximum Gasteiger partial charge on any atom is 0.123 e. The number of nitrogens with zero attached hydrogens (tertiary/aromatic N) is 3. The highest BCUT2D eigenvalue weighted by molar-refractivity contribution is 7.11. The lowest BCUT2D eigenvalue weighted by Crippen LogP contribution is -2.37. The number of hydrogen-bond donors (Lipinski definition) is 0. The number of morpholine rings is 1. The van der Waals surface area contributed by atoms with E-state index in [2.05, 4.69) is 43.0 Å². The van der Waals surface area contributed by atoms with Gasteiger partial charge in [-0.1, -0.05) is 20.8 Å². The van der Waals surface area contributed by atoms with Crippen molar-refractivity contribution in [2.75, 3.05) is 19.7 Å². The van der Waals surface area contributed by atoms with Crippen LogP contribution in [-0.2, 0) is 16.7 Å². The van der Waals surface area contributed by atoms with Gasteiger partial charge in [0.25, 0.3) is 0 Å². The van der Waals surface area contributed by atoms with Gasteiger partial charge in [0.05, 0.1) is 17.3 Å². The van der Waals surface area contributed by atoms with Crippen LogP contribution in [0.2, 0.25) is 0 Å². The summed E-state index contributed by atoms with van der Waals surface area (Å²) in [5, 5.41) is 4.41. The van der Waals surface area contributed by atoms with E-state index in [4.69, 9.17) is 9.72 Å². The van der Waals surface area contributed by atoms with Crippen molar-refractivity contribution in [1.82, 2.24) is 14.9 Å². The van der Waals surface area contributed by atoms with Crippen molar-refractivity contribution >= 4 is 22.7 Å². The molecule has 1 aliphatic rings. The number of thiazole rings is 2. The van der Waals surface area contributed by atoms with E-state index in [0.29, 0.717) is 0 Å². The second-order valence-corrected chi connectivity index (χ2v) is 8.97. The number of hydrogen-bond acceptors (Lipinski definition) is 6. The molecule has 1 atom stereocenters. The third-order valence-corrected chi connectivity index (χ3v) is 5.60. The van der Waals surface area contributed by atoms with Crippen LogP contribution in [0.1, 0.15) is 47.5 Å². The molecule has 0 N–H and O–H groups in total. The summed E-state index contributed by atoms with van der Waals surface area (Å²) in [5.74, 6) is 0. The molecule has 2 aromatic heterocycles. The molecule has 0 spiro atoms. The van der Waals surface area contributed by atoms with Crippen LogP contribution in [-0.4, -0.2) is 34.6 Å². The molecule has 120 valence electrons. The van der Waals surface area contributed by atoms with Gasteiger partial charge in [0.1, 0.15) is 11.1 Å². The van der Waals surface area contributed by atoms with E-state index in [9.17, 15) is 0 Å². The van der Waals surface area contributed by atoms with Crippen molar-refractivity contribution < 1.29 is 4.74 Å². The molecule has 0 radical (unpaired) electrons. The van der Waals surface area contributed by atoms with Crippen LogP contribution in [0.5, 0.6) is 0 Å². The molecule has 6 heteroatoms. The highest BCUT2D eigenvalue weighted by atomic mass is 32.1. The van der Waals surface area contributed by atoms with E-state index >= 15 is 0 Å². The van der Waals surface area contributed by atoms with E-state index in [1.165, 1.54) is 4.88 Å². The Labute approximate surface area is 140 Å². The highest BCUT2D eigenvalue weighted by Crippen LogP contribution is 2.30. The Kier molecular flexibility index (Phi) is 4.64. The summed E-state index contributed by atoms with van der Waals surface area (Å²) in [7, 11) is 0. The molecule has 1 saturated heterocycles. The third kappa shape index (κ3) is 3.74. The van der Waals surface area contributed by atoms with Crippen LogP contribution < -0.4 is 0 Å². The van der Waals surface area contributed by atoms with Gasteiger partial charge in [-0.05, 0) is 6.92 Å². The van der Waals surface area contributed by atoms with Gasteiger partial charge in [-0.2, -0.15) is 0 Å². The van der Waals surface area contributed by atoms with E-state index in [0.717, 1.165) is 42.0 Å². The van der Waals surface area contributed by atoms with Gasteiger partial charge in [0.2, 0.25) is 0 Å². The first-order chi connectivity index (χ1) is 10.4. The molecular weight excluding hydrogens is 314 g/mol. The zero-order chi connectivity index (χ0) is 15.7. The molecule has 1 aliphatic heterocycles. The highest BCUT2D eigenvalue weighted by Gasteiger charge is 2.26. The molecule has 0 bridgehead atoms. The third-order valence-electron chi connectivity index (χ3n) is 3.76. The Bertz CT molecular complexity index is 629. The first-order valence-electron chi connectivity index (χ1n) is 7.63. The molecule has 3 heterocycles. The Hall–Kier alpha value is -0.820. The van der Waals surface area contributed by atoms with Gasteiger partial charge in [0.15, 0.2) is 0 Å². The van der Waals surface area contributed by atoms with Gasteiger partial charge >= 0.3 is 0 Å². The molecule has 2 aromatic rings. The maximum atomic E-state index is 5.96. The zero-order valence-corrected chi connectivity index (χ0v) is 15.3. The second-order valence-electron chi connectivity index (χ2n) is 6.76. The molecule has 0 aliphatic carbocycles. The minimum Gasteiger partial charge on any atom is -0.368 e. The van der Waals surface area contributed by atoms with Crippen molar-refractivity contribution in [3.05, 3.63) is 32.2 Å². The minimum atomic E-state index is 0.100. The fourth-order valence-corrected chi connectivity index (χ4v) is 4.40. The van der Waals surface area contributed by atoms with Gasteiger partial charge in [-0.15, -0.1) is 22.7 Å². The summed E-state index contributed by atoms with van der Waals surface area (Å²) < 4.78 is 5.96. The van der Waals surface area contributed by atoms with Crippen molar-refractivity contribution in [2.24, 2.45) is 0 Å². The lowest BCUT2D eigenvalue weighted by atomic mass is 9.93. The average Bonchev–Trinajstić information content (AvgIpc) is 3.08. The van der Waals surface area contributed by atoms with Crippen LogP contribution in [0, 0.1) is 6.92 Å². The van der Waals surface area contributed by atoms with Gasteiger partial charge < -0.3 is 4.74 Å². The van der Waals surface area contributed by atoms with E-state index in [1.54, 1.807) is 22.7 Å². The number of ether oxygens (including phenoxy) is 1. The standard InChI is InChI=1S/C16H23N3OS2/c1-11-17-7-12(22-11)8-19-5-6-20-13(9-19)15-18-14(10-21-15)16(2,3)4/h7,10,13H,5-6,8-9H2,1-4H3. The van der Waals surface area contributed by atoms with Crippen molar-refractivity contribution in [3.63, 3.8) is 0 Å². The zero-order valence-electron chi connectivity index (χ0n) is 13.6. The molecule has 0 saturated carbocycles. The minimum absolute atomic E-state index is 0.100. The normalized spacial score (nSPS) is 20.5. The first-order valence-corrected chi connectivity index (χ1v) is 9.32. The summed E-state index contributed by atoms with van der Waals surface area (Å²) in [4.78, 5) is 12.9. The summed E-state index contributed by atoms with van der Waals surface area (Å²) in [6.45, 7) is 12.3. The smallest absolute Gasteiger partial charge is 0.123 e. The molecule has 4 nitrogen and oxygen atoms in total. The quantitative estimate of drug-likeness (QED) is 0.854. The van der Waals surface area contributed by atoms with Crippen LogP contribution in [0.15, 0.2) is 11.6 Å². The average molecular weight is 338 g/mol. The second kappa shape index (κ2) is 6.35. The largest absolute Gasteiger partial charge is 0.368 e. The fraction of sp³-hybridized carbons (Fsp3) is 0.625. The van der Waals surface area contributed by atoms with E-state index in [-0.39, 0.29) is 11.5 Å². The van der Waals surface area contributed by atoms with Gasteiger partial charge in [-0.25, -0.2) is 9.97 Å². The Balaban J connectivity index is 1.66. The lowest BCUT2D eigenvalue weighted by molar-refractivity contribution is -0.0328. The summed E-state index contributed by atoms with van der Waals surface area (Å²) >= 11 is 3.50. The SMILES string of the molecule is Cc1ncc(CN2CCOC(c3nc(C(C)(C)C)cs3)C2)s1. The Morgan fingerprint density at radius 2 is 2.23 bits per heavy atom. The summed E-state index contributed by atoms with van der Waals surface area (Å²) in [6, 6.07) is 0. The molecule has 0 aromatic carbocycles. The number of aryl methyl sites for hydroxylation is 1. The van der Waals surface area contributed by atoms with E-state index < -0.39 is 0 Å². The van der Waals surface area contributed by atoms with Gasteiger partial charge in [0, 0.05) is 41.5 Å². The fourth-order valence-electron chi connectivity index (χ4n) is 2.47. The van der Waals surface area contributed by atoms with Crippen LogP contribution in [0.3, 0.4) is 0 Å². The molecule has 0 amide bonds. The molecule has 1 fully saturated rings. The number of aromatic nitrogens is 2. The number of rotatable bonds is 3. The van der Waals surface area contributed by atoms with E-state index in [1.807, 2.05) is 6.20 Å². The predicted molar refractivity (Wildman–Crippen MR) is 91.6 cm³/mol. The Morgan fingerprint density at radius 3 is 2.86 bits per heavy atom. The maximum absolute atomic E-state index is 5.96. The topological polar surface area (TPSA) is 38.2 Å². The van der Waals surface area contributed by atoms with Crippen LogP contribution in [0.25, 0.3) is 0 Å². The molecular formula is C16H23N3OS2. The molecule has 3 rings (SSSR count). The molecule has 1 unspecified atom stereocenters. The predicted octanol–water partition coefficient (Wildman–Crippen LogP) is 3.78. The monoisotopic (exact) mass is 337 g/mol. The summed E-state index contributed by atoms with van der Waals surface area (Å²) in [5.41, 5.74) is 1.26. The van der Waals surface area contributed by atoms with Gasteiger partial charge in [-0.3, -0.25) is 4.90 Å². The van der Waals surface area contributed by atoms with Crippen molar-refractivity contribution in [2.45, 2.75) is 45.8 Å². The van der Waals surface area contributed by atoms with Crippen molar-refractivity contribution in [1.29, 1.82) is 0 Å².